The van der Waals surface area contributed by atoms with Gasteiger partial charge in [0.1, 0.15) is 0 Å². The van der Waals surface area contributed by atoms with Crippen LogP contribution < -0.4 is 10.2 Å². The van der Waals surface area contributed by atoms with E-state index in [-0.39, 0.29) is 23.5 Å². The van der Waals surface area contributed by atoms with E-state index in [1.165, 1.54) is 15.3 Å². The fourth-order valence-electron chi connectivity index (χ4n) is 2.50. The molecule has 1 aromatic carbocycles. The summed E-state index contributed by atoms with van der Waals surface area (Å²) in [6.45, 7) is 6.39. The Labute approximate surface area is 148 Å². The van der Waals surface area contributed by atoms with Crippen molar-refractivity contribution in [2.45, 2.75) is 6.92 Å². The highest BCUT2D eigenvalue weighted by Gasteiger charge is 2.34. The highest BCUT2D eigenvalue weighted by atomic mass is 32.2. The van der Waals surface area contributed by atoms with Gasteiger partial charge >= 0.3 is 0 Å². The zero-order chi connectivity index (χ0) is 18.6. The summed E-state index contributed by atoms with van der Waals surface area (Å²) in [6.07, 6.45) is 1.22. The lowest BCUT2D eigenvalue weighted by Crippen LogP contribution is -2.54. The lowest BCUT2D eigenvalue weighted by Gasteiger charge is -2.37. The quantitative estimate of drug-likeness (QED) is 0.726. The van der Waals surface area contributed by atoms with Crippen molar-refractivity contribution in [2.24, 2.45) is 5.92 Å². The molecule has 1 aliphatic rings. The van der Waals surface area contributed by atoms with Gasteiger partial charge in [-0.25, -0.2) is 12.7 Å². The highest BCUT2D eigenvalue weighted by Crippen LogP contribution is 2.19. The molecular formula is C17H23N3O4S. The third-order valence-electron chi connectivity index (χ3n) is 4.26. The van der Waals surface area contributed by atoms with Crippen molar-refractivity contribution in [3.63, 3.8) is 0 Å². The summed E-state index contributed by atoms with van der Waals surface area (Å²) < 4.78 is 24.7. The highest BCUT2D eigenvalue weighted by molar-refractivity contribution is 7.89. The van der Waals surface area contributed by atoms with Crippen LogP contribution in [0.4, 0.5) is 5.69 Å². The van der Waals surface area contributed by atoms with Gasteiger partial charge in [0, 0.05) is 43.9 Å². The number of anilines is 1. The molecule has 1 fully saturated rings. The maximum Gasteiger partial charge on any atom is 0.251 e. The number of nitrogens with one attached hydrogen (secondary N) is 1. The van der Waals surface area contributed by atoms with Crippen molar-refractivity contribution in [3.05, 3.63) is 42.5 Å². The summed E-state index contributed by atoms with van der Waals surface area (Å²) in [6, 6.07) is 6.67. The van der Waals surface area contributed by atoms with E-state index in [0.29, 0.717) is 30.9 Å². The molecule has 0 bridgehead atoms. The zero-order valence-corrected chi connectivity index (χ0v) is 15.3. The molecule has 1 aromatic rings. The fourth-order valence-corrected chi connectivity index (χ4v) is 3.74. The van der Waals surface area contributed by atoms with E-state index >= 15 is 0 Å². The van der Waals surface area contributed by atoms with Gasteiger partial charge in [-0.3, -0.25) is 9.59 Å². The van der Waals surface area contributed by atoms with Crippen LogP contribution in [0.2, 0.25) is 0 Å². The van der Waals surface area contributed by atoms with Gasteiger partial charge in [0.05, 0.1) is 5.75 Å². The molecule has 0 aliphatic carbocycles. The summed E-state index contributed by atoms with van der Waals surface area (Å²) in [4.78, 5) is 25.1. The fraction of sp³-hybridized carbons (Fsp3) is 0.412. The number of nitrogens with zero attached hydrogens (tertiary/aromatic N) is 2. The lowest BCUT2D eigenvalue weighted by molar-refractivity contribution is -0.113. The normalized spacial score (nSPS) is 15.3. The van der Waals surface area contributed by atoms with Crippen LogP contribution in [-0.2, 0) is 14.8 Å². The summed E-state index contributed by atoms with van der Waals surface area (Å²) >= 11 is 0. The molecule has 1 saturated heterocycles. The maximum atomic E-state index is 12.2. The summed E-state index contributed by atoms with van der Waals surface area (Å²) in [5, 5.41) is 2.82. The van der Waals surface area contributed by atoms with Gasteiger partial charge in [-0.15, -0.1) is 0 Å². The Morgan fingerprint density at radius 1 is 1.32 bits per heavy atom. The maximum absolute atomic E-state index is 12.2. The van der Waals surface area contributed by atoms with Crippen LogP contribution >= 0.6 is 0 Å². The van der Waals surface area contributed by atoms with Crippen molar-refractivity contribution in [2.75, 3.05) is 37.3 Å². The lowest BCUT2D eigenvalue weighted by atomic mass is 10.0. The molecule has 2 rings (SSSR count). The number of sulfonamides is 1. The standard InChI is InChI=1S/C17H23N3O4S/c1-4-16(21)19(3)15-8-6-14(7-9-15)17(22)18-10-13-11-20(12-13)25(23,24)5-2/h4,6-9,13H,1,5,10-12H2,2-3H3,(H,18,22). The molecule has 7 nitrogen and oxygen atoms in total. The Kier molecular flexibility index (Phi) is 5.97. The number of rotatable bonds is 7. The molecule has 1 N–H and O–H groups in total. The van der Waals surface area contributed by atoms with E-state index < -0.39 is 10.0 Å². The second-order valence-electron chi connectivity index (χ2n) is 5.94. The molecule has 1 aliphatic heterocycles. The first-order valence-corrected chi connectivity index (χ1v) is 9.65. The van der Waals surface area contributed by atoms with Gasteiger partial charge < -0.3 is 10.2 Å². The molecule has 0 spiro atoms. The first-order chi connectivity index (χ1) is 11.8. The van der Waals surface area contributed by atoms with Gasteiger partial charge in [-0.05, 0) is 37.3 Å². The minimum atomic E-state index is -3.13. The van der Waals surface area contributed by atoms with Gasteiger partial charge in [0.2, 0.25) is 15.9 Å². The van der Waals surface area contributed by atoms with Gasteiger partial charge in [-0.1, -0.05) is 6.58 Å². The number of likely N-dealkylation sites (N-methyl/N-ethyl adjacent to an activating group) is 1. The van der Waals surface area contributed by atoms with Crippen molar-refractivity contribution in [1.82, 2.24) is 9.62 Å². The minimum Gasteiger partial charge on any atom is -0.352 e. The molecule has 1 heterocycles. The summed E-state index contributed by atoms with van der Waals surface area (Å²) in [5.74, 6) is -0.211. The van der Waals surface area contributed by atoms with E-state index in [4.69, 9.17) is 0 Å². The number of hydrogen-bond donors (Lipinski definition) is 1. The van der Waals surface area contributed by atoms with Crippen molar-refractivity contribution in [1.29, 1.82) is 0 Å². The molecule has 0 radical (unpaired) electrons. The average Bonchev–Trinajstić information content (AvgIpc) is 2.58. The predicted octanol–water partition coefficient (Wildman–Crippen LogP) is 0.847. The Balaban J connectivity index is 1.84. The first-order valence-electron chi connectivity index (χ1n) is 8.04. The largest absolute Gasteiger partial charge is 0.352 e. The minimum absolute atomic E-state index is 0.0984. The predicted molar refractivity (Wildman–Crippen MR) is 96.9 cm³/mol. The number of carbonyl (C=O) groups is 2. The Hall–Kier alpha value is -2.19. The number of hydrogen-bond acceptors (Lipinski definition) is 4. The van der Waals surface area contributed by atoms with Crippen molar-refractivity contribution in [3.8, 4) is 0 Å². The van der Waals surface area contributed by atoms with E-state index in [2.05, 4.69) is 11.9 Å². The molecule has 8 heteroatoms. The van der Waals surface area contributed by atoms with Crippen molar-refractivity contribution >= 4 is 27.5 Å². The Bertz CT molecular complexity index is 753. The molecule has 25 heavy (non-hydrogen) atoms. The van der Waals surface area contributed by atoms with Gasteiger partial charge in [0.25, 0.3) is 5.91 Å². The van der Waals surface area contributed by atoms with E-state index in [9.17, 15) is 18.0 Å². The first kappa shape index (κ1) is 19.1. The van der Waals surface area contributed by atoms with Crippen LogP contribution in [0.5, 0.6) is 0 Å². The average molecular weight is 365 g/mol. The topological polar surface area (TPSA) is 86.8 Å². The molecule has 136 valence electrons. The number of carbonyl (C=O) groups excluding carboxylic acids is 2. The molecular weight excluding hydrogens is 342 g/mol. The number of amides is 2. The Morgan fingerprint density at radius 3 is 2.44 bits per heavy atom. The van der Waals surface area contributed by atoms with Crippen LogP contribution in [0.15, 0.2) is 36.9 Å². The monoisotopic (exact) mass is 365 g/mol. The SMILES string of the molecule is C=CC(=O)N(C)c1ccc(C(=O)NCC2CN(S(=O)(=O)CC)C2)cc1. The molecule has 2 amide bonds. The van der Waals surface area contributed by atoms with Crippen LogP contribution in [0.25, 0.3) is 0 Å². The van der Waals surface area contributed by atoms with Gasteiger partial charge in [0.15, 0.2) is 0 Å². The Morgan fingerprint density at radius 2 is 1.92 bits per heavy atom. The van der Waals surface area contributed by atoms with Gasteiger partial charge in [-0.2, -0.15) is 0 Å². The molecule has 0 aromatic heterocycles. The van der Waals surface area contributed by atoms with Crippen LogP contribution in [-0.4, -0.2) is 57.0 Å². The molecule has 0 unspecified atom stereocenters. The summed E-state index contributed by atoms with van der Waals surface area (Å²) in [5.41, 5.74) is 1.15. The smallest absolute Gasteiger partial charge is 0.251 e. The second-order valence-corrected chi connectivity index (χ2v) is 8.20. The zero-order valence-electron chi connectivity index (χ0n) is 14.4. The third-order valence-corrected chi connectivity index (χ3v) is 6.07. The number of benzene rings is 1. The third kappa shape index (κ3) is 4.46. The van der Waals surface area contributed by atoms with E-state index in [1.54, 1.807) is 38.2 Å². The van der Waals surface area contributed by atoms with Crippen LogP contribution in [0.1, 0.15) is 17.3 Å². The summed E-state index contributed by atoms with van der Waals surface area (Å²) in [7, 11) is -1.50. The van der Waals surface area contributed by atoms with Crippen LogP contribution in [0.3, 0.4) is 0 Å². The van der Waals surface area contributed by atoms with Crippen LogP contribution in [0, 0.1) is 5.92 Å². The molecule has 0 saturated carbocycles. The van der Waals surface area contributed by atoms with E-state index in [0.717, 1.165) is 0 Å². The molecule has 0 atom stereocenters. The van der Waals surface area contributed by atoms with E-state index in [1.807, 2.05) is 0 Å². The second kappa shape index (κ2) is 7.79. The van der Waals surface area contributed by atoms with Crippen molar-refractivity contribution < 1.29 is 18.0 Å².